The monoisotopic (exact) mass is 285 g/mol. The van der Waals surface area contributed by atoms with Crippen LogP contribution in [0.2, 0.25) is 0 Å². The number of hydrogen-bond acceptors (Lipinski definition) is 2. The lowest BCUT2D eigenvalue weighted by atomic mass is 9.75. The van der Waals surface area contributed by atoms with Gasteiger partial charge in [0, 0.05) is 24.8 Å². The SMILES string of the molecule is C=C[C@H]1CN2CC[C@H]1C[C@H]2CNC(=O)Nc1ccccc1. The summed E-state index contributed by atoms with van der Waals surface area (Å²) in [4.78, 5) is 14.4. The van der Waals surface area contributed by atoms with Crippen LogP contribution in [0.25, 0.3) is 0 Å². The number of nitrogens with one attached hydrogen (secondary N) is 2. The van der Waals surface area contributed by atoms with Gasteiger partial charge >= 0.3 is 6.03 Å². The van der Waals surface area contributed by atoms with Crippen molar-refractivity contribution in [1.29, 1.82) is 0 Å². The van der Waals surface area contributed by atoms with Gasteiger partial charge in [-0.15, -0.1) is 6.58 Å². The average molecular weight is 285 g/mol. The Morgan fingerprint density at radius 3 is 2.86 bits per heavy atom. The lowest BCUT2D eigenvalue weighted by molar-refractivity contribution is 0.0209. The van der Waals surface area contributed by atoms with Gasteiger partial charge in [0.15, 0.2) is 0 Å². The van der Waals surface area contributed by atoms with E-state index in [1.54, 1.807) is 0 Å². The molecule has 1 aromatic carbocycles. The molecule has 2 bridgehead atoms. The Morgan fingerprint density at radius 2 is 2.19 bits per heavy atom. The van der Waals surface area contributed by atoms with Gasteiger partial charge in [-0.2, -0.15) is 0 Å². The van der Waals surface area contributed by atoms with E-state index in [2.05, 4.69) is 28.2 Å². The van der Waals surface area contributed by atoms with Crippen LogP contribution in [0.15, 0.2) is 43.0 Å². The summed E-state index contributed by atoms with van der Waals surface area (Å²) in [6.07, 6.45) is 4.54. The number of nitrogens with zero attached hydrogens (tertiary/aromatic N) is 1. The zero-order valence-electron chi connectivity index (χ0n) is 12.3. The van der Waals surface area contributed by atoms with Crippen LogP contribution in [0.5, 0.6) is 0 Å². The Bertz CT molecular complexity index is 502. The molecule has 4 atom stereocenters. The molecule has 2 amide bonds. The van der Waals surface area contributed by atoms with Crippen LogP contribution < -0.4 is 10.6 Å². The molecule has 1 unspecified atom stereocenters. The molecule has 3 aliphatic rings. The molecule has 3 aliphatic heterocycles. The third-order valence-corrected chi connectivity index (χ3v) is 4.76. The van der Waals surface area contributed by atoms with Crippen LogP contribution in [-0.2, 0) is 0 Å². The maximum Gasteiger partial charge on any atom is 0.319 e. The quantitative estimate of drug-likeness (QED) is 0.835. The van der Waals surface area contributed by atoms with E-state index in [9.17, 15) is 4.79 Å². The summed E-state index contributed by atoms with van der Waals surface area (Å²) in [6.45, 7) is 6.92. The van der Waals surface area contributed by atoms with Crippen molar-refractivity contribution < 1.29 is 4.79 Å². The van der Waals surface area contributed by atoms with Crippen molar-refractivity contribution in [1.82, 2.24) is 10.2 Å². The number of benzene rings is 1. The summed E-state index contributed by atoms with van der Waals surface area (Å²) in [7, 11) is 0. The number of fused-ring (bicyclic) bond motifs is 3. The van der Waals surface area contributed by atoms with Gasteiger partial charge in [0.05, 0.1) is 0 Å². The van der Waals surface area contributed by atoms with Crippen molar-refractivity contribution >= 4 is 11.7 Å². The summed E-state index contributed by atoms with van der Waals surface area (Å²) in [5, 5.41) is 5.86. The molecule has 3 saturated heterocycles. The number of carbonyl (C=O) groups excluding carboxylic acids is 1. The lowest BCUT2D eigenvalue weighted by Crippen LogP contribution is -2.56. The summed E-state index contributed by atoms with van der Waals surface area (Å²) >= 11 is 0. The number of anilines is 1. The second-order valence-electron chi connectivity index (χ2n) is 6.03. The minimum Gasteiger partial charge on any atom is -0.336 e. The van der Waals surface area contributed by atoms with E-state index in [1.807, 2.05) is 30.3 Å². The van der Waals surface area contributed by atoms with Crippen LogP contribution in [0.4, 0.5) is 10.5 Å². The van der Waals surface area contributed by atoms with Crippen LogP contribution in [0, 0.1) is 11.8 Å². The first-order valence-corrected chi connectivity index (χ1v) is 7.73. The Hall–Kier alpha value is -1.81. The highest BCUT2D eigenvalue weighted by molar-refractivity contribution is 5.89. The molecule has 4 rings (SSSR count). The fourth-order valence-corrected chi connectivity index (χ4v) is 3.57. The number of carbonyl (C=O) groups is 1. The summed E-state index contributed by atoms with van der Waals surface area (Å²) in [5.74, 6) is 1.38. The molecule has 0 spiro atoms. The first kappa shape index (κ1) is 14.1. The number of rotatable bonds is 4. The van der Waals surface area contributed by atoms with Crippen LogP contribution in [0.3, 0.4) is 0 Å². The highest BCUT2D eigenvalue weighted by atomic mass is 16.2. The van der Waals surface area contributed by atoms with E-state index in [1.165, 1.54) is 12.8 Å². The first-order valence-electron chi connectivity index (χ1n) is 7.73. The van der Waals surface area contributed by atoms with Gasteiger partial charge in [-0.05, 0) is 43.4 Å². The van der Waals surface area contributed by atoms with Crippen LogP contribution in [0.1, 0.15) is 12.8 Å². The molecule has 0 saturated carbocycles. The Labute approximate surface area is 126 Å². The molecule has 1 aromatic rings. The second-order valence-corrected chi connectivity index (χ2v) is 6.03. The minimum atomic E-state index is -0.121. The lowest BCUT2D eigenvalue weighted by Gasteiger charge is -2.49. The number of piperidine rings is 3. The molecule has 0 radical (unpaired) electrons. The standard InChI is InChI=1S/C17H23N3O/c1-2-13-12-20-9-8-14(13)10-16(20)11-18-17(21)19-15-6-4-3-5-7-15/h2-7,13-14,16H,1,8-12H2,(H2,18,19,21)/t13-,14-,16-/m0/s1. The molecule has 4 heteroatoms. The Balaban J connectivity index is 1.48. The largest absolute Gasteiger partial charge is 0.336 e. The van der Waals surface area contributed by atoms with Crippen molar-refractivity contribution in [2.45, 2.75) is 18.9 Å². The normalized spacial score (nSPS) is 30.7. The highest BCUT2D eigenvalue weighted by Crippen LogP contribution is 2.36. The van der Waals surface area contributed by atoms with Gasteiger partial charge < -0.3 is 10.6 Å². The zero-order valence-corrected chi connectivity index (χ0v) is 12.3. The third-order valence-electron chi connectivity index (χ3n) is 4.76. The van der Waals surface area contributed by atoms with Crippen LogP contribution >= 0.6 is 0 Å². The second kappa shape index (κ2) is 6.31. The van der Waals surface area contributed by atoms with Crippen molar-refractivity contribution in [3.05, 3.63) is 43.0 Å². The molecular weight excluding hydrogens is 262 g/mol. The van der Waals surface area contributed by atoms with Crippen molar-refractivity contribution in [3.8, 4) is 0 Å². The average Bonchev–Trinajstić information content (AvgIpc) is 2.54. The van der Waals surface area contributed by atoms with E-state index in [0.717, 1.165) is 31.2 Å². The number of hydrogen-bond donors (Lipinski definition) is 2. The topological polar surface area (TPSA) is 44.4 Å². The first-order chi connectivity index (χ1) is 10.3. The third kappa shape index (κ3) is 3.27. The van der Waals surface area contributed by atoms with Gasteiger partial charge in [0.2, 0.25) is 0 Å². The van der Waals surface area contributed by atoms with E-state index < -0.39 is 0 Å². The summed E-state index contributed by atoms with van der Waals surface area (Å²) in [5.41, 5.74) is 0.826. The number of para-hydroxylation sites is 1. The van der Waals surface area contributed by atoms with Gasteiger partial charge in [-0.3, -0.25) is 4.90 Å². The maximum absolute atomic E-state index is 11.9. The van der Waals surface area contributed by atoms with Gasteiger partial charge in [-0.25, -0.2) is 4.79 Å². The smallest absolute Gasteiger partial charge is 0.319 e. The highest BCUT2D eigenvalue weighted by Gasteiger charge is 2.38. The molecule has 3 fully saturated rings. The minimum absolute atomic E-state index is 0.121. The Kier molecular flexibility index (Phi) is 4.25. The molecule has 21 heavy (non-hydrogen) atoms. The maximum atomic E-state index is 11.9. The predicted octanol–water partition coefficient (Wildman–Crippen LogP) is 2.70. The van der Waals surface area contributed by atoms with E-state index in [0.29, 0.717) is 12.0 Å². The molecular formula is C17H23N3O. The van der Waals surface area contributed by atoms with Crippen molar-refractivity contribution in [3.63, 3.8) is 0 Å². The molecule has 2 N–H and O–H groups in total. The van der Waals surface area contributed by atoms with Crippen molar-refractivity contribution in [2.24, 2.45) is 11.8 Å². The molecule has 112 valence electrons. The van der Waals surface area contributed by atoms with E-state index in [-0.39, 0.29) is 6.03 Å². The van der Waals surface area contributed by atoms with Gasteiger partial charge in [-0.1, -0.05) is 24.3 Å². The van der Waals surface area contributed by atoms with E-state index in [4.69, 9.17) is 0 Å². The number of urea groups is 1. The summed E-state index contributed by atoms with van der Waals surface area (Å²) in [6, 6.07) is 9.89. The molecule has 0 aromatic heterocycles. The molecule has 0 aliphatic carbocycles. The van der Waals surface area contributed by atoms with Gasteiger partial charge in [0.25, 0.3) is 0 Å². The number of amides is 2. The van der Waals surface area contributed by atoms with Crippen LogP contribution in [-0.4, -0.2) is 36.6 Å². The van der Waals surface area contributed by atoms with Crippen molar-refractivity contribution in [2.75, 3.05) is 25.0 Å². The Morgan fingerprint density at radius 1 is 1.38 bits per heavy atom. The zero-order chi connectivity index (χ0) is 14.7. The van der Waals surface area contributed by atoms with Gasteiger partial charge in [0.1, 0.15) is 0 Å². The molecule has 4 nitrogen and oxygen atoms in total. The summed E-state index contributed by atoms with van der Waals surface area (Å²) < 4.78 is 0. The van der Waals surface area contributed by atoms with E-state index >= 15 is 0 Å². The fourth-order valence-electron chi connectivity index (χ4n) is 3.57. The predicted molar refractivity (Wildman–Crippen MR) is 85.2 cm³/mol. The molecule has 3 heterocycles. The fraction of sp³-hybridized carbons (Fsp3) is 0.471.